The maximum absolute atomic E-state index is 12.0. The van der Waals surface area contributed by atoms with E-state index in [-0.39, 0.29) is 11.9 Å². The quantitative estimate of drug-likeness (QED) is 0.686. The lowest BCUT2D eigenvalue weighted by Gasteiger charge is -2.28. The first-order chi connectivity index (χ1) is 8.63. The zero-order valence-corrected chi connectivity index (χ0v) is 12.3. The molecule has 1 saturated heterocycles. The van der Waals surface area contributed by atoms with Gasteiger partial charge in [0.1, 0.15) is 0 Å². The largest absolute Gasteiger partial charge is 0.355 e. The van der Waals surface area contributed by atoms with Gasteiger partial charge in [-0.1, -0.05) is 40.0 Å². The summed E-state index contributed by atoms with van der Waals surface area (Å²) in [6, 6.07) is 0.0498. The molecule has 18 heavy (non-hydrogen) atoms. The zero-order chi connectivity index (χ0) is 13.4. The first kappa shape index (κ1) is 15.5. The Morgan fingerprint density at radius 1 is 1.39 bits per heavy atom. The van der Waals surface area contributed by atoms with E-state index in [0.29, 0.717) is 0 Å². The van der Waals surface area contributed by atoms with Gasteiger partial charge in [-0.15, -0.1) is 0 Å². The summed E-state index contributed by atoms with van der Waals surface area (Å²) in [5.41, 5.74) is 0. The van der Waals surface area contributed by atoms with Crippen molar-refractivity contribution < 1.29 is 4.79 Å². The van der Waals surface area contributed by atoms with Crippen molar-refractivity contribution in [1.29, 1.82) is 0 Å². The highest BCUT2D eigenvalue weighted by Crippen LogP contribution is 2.19. The predicted molar refractivity (Wildman–Crippen MR) is 76.5 cm³/mol. The van der Waals surface area contributed by atoms with Gasteiger partial charge in [-0.25, -0.2) is 0 Å². The molecule has 1 fully saturated rings. The van der Waals surface area contributed by atoms with Gasteiger partial charge in [-0.05, 0) is 37.6 Å². The van der Waals surface area contributed by atoms with Crippen LogP contribution in [0.5, 0.6) is 0 Å². The van der Waals surface area contributed by atoms with Gasteiger partial charge in [0.2, 0.25) is 5.91 Å². The van der Waals surface area contributed by atoms with Crippen LogP contribution in [-0.2, 0) is 4.79 Å². The number of hydrogen-bond acceptors (Lipinski definition) is 2. The van der Waals surface area contributed by atoms with Crippen LogP contribution in [0.3, 0.4) is 0 Å². The van der Waals surface area contributed by atoms with Crippen LogP contribution >= 0.6 is 0 Å². The number of carbonyl (C=O) groups excluding carboxylic acids is 1. The van der Waals surface area contributed by atoms with Crippen molar-refractivity contribution in [2.45, 2.75) is 65.3 Å². The maximum Gasteiger partial charge on any atom is 0.237 e. The number of amides is 1. The van der Waals surface area contributed by atoms with Gasteiger partial charge in [-0.2, -0.15) is 0 Å². The number of piperidine rings is 1. The maximum atomic E-state index is 12.0. The summed E-state index contributed by atoms with van der Waals surface area (Å²) in [5, 5.41) is 6.40. The molecule has 106 valence electrons. The molecule has 3 nitrogen and oxygen atoms in total. The minimum Gasteiger partial charge on any atom is -0.355 e. The number of rotatable bonds is 7. The van der Waals surface area contributed by atoms with Crippen molar-refractivity contribution in [3.05, 3.63) is 0 Å². The lowest BCUT2D eigenvalue weighted by Crippen LogP contribution is -2.48. The summed E-state index contributed by atoms with van der Waals surface area (Å²) in [6.07, 6.45) is 7.00. The molecule has 0 radical (unpaired) electrons. The summed E-state index contributed by atoms with van der Waals surface area (Å²) in [6.45, 7) is 8.53. The van der Waals surface area contributed by atoms with E-state index in [4.69, 9.17) is 0 Å². The molecule has 3 heteroatoms. The Kier molecular flexibility index (Phi) is 7.33. The molecule has 1 rings (SSSR count). The number of carbonyl (C=O) groups is 1. The van der Waals surface area contributed by atoms with Crippen LogP contribution in [0.4, 0.5) is 0 Å². The van der Waals surface area contributed by atoms with Crippen LogP contribution in [0.1, 0.15) is 59.3 Å². The number of unbranched alkanes of at least 4 members (excludes halogenated alkanes) is 1. The molecule has 1 aliphatic heterocycles. The molecule has 0 bridgehead atoms. The Morgan fingerprint density at radius 3 is 2.83 bits per heavy atom. The monoisotopic (exact) mass is 254 g/mol. The van der Waals surface area contributed by atoms with Crippen molar-refractivity contribution >= 4 is 5.91 Å². The first-order valence-corrected chi connectivity index (χ1v) is 7.64. The molecule has 0 aromatic heterocycles. The van der Waals surface area contributed by atoms with E-state index in [0.717, 1.165) is 37.8 Å². The van der Waals surface area contributed by atoms with Crippen LogP contribution in [0.15, 0.2) is 0 Å². The molecule has 1 aliphatic rings. The Bertz CT molecular complexity index is 241. The van der Waals surface area contributed by atoms with Crippen molar-refractivity contribution in [3.8, 4) is 0 Å². The molecule has 0 aliphatic carbocycles. The fourth-order valence-electron chi connectivity index (χ4n) is 2.58. The molecule has 0 aromatic rings. The van der Waals surface area contributed by atoms with E-state index in [2.05, 4.69) is 31.4 Å². The fraction of sp³-hybridized carbons (Fsp3) is 0.933. The van der Waals surface area contributed by atoms with Crippen LogP contribution in [0.2, 0.25) is 0 Å². The molecule has 1 amide bonds. The summed E-state index contributed by atoms with van der Waals surface area (Å²) >= 11 is 0. The Hall–Kier alpha value is -0.570. The highest BCUT2D eigenvalue weighted by atomic mass is 16.2. The van der Waals surface area contributed by atoms with Gasteiger partial charge in [0.15, 0.2) is 0 Å². The van der Waals surface area contributed by atoms with E-state index in [9.17, 15) is 4.79 Å². The minimum atomic E-state index is 0.0498. The third-order valence-corrected chi connectivity index (χ3v) is 3.91. The van der Waals surface area contributed by atoms with Crippen LogP contribution in [0, 0.1) is 11.8 Å². The topological polar surface area (TPSA) is 41.1 Å². The Morgan fingerprint density at radius 2 is 2.17 bits per heavy atom. The van der Waals surface area contributed by atoms with E-state index in [1.54, 1.807) is 0 Å². The van der Waals surface area contributed by atoms with Gasteiger partial charge in [0.05, 0.1) is 6.04 Å². The van der Waals surface area contributed by atoms with E-state index < -0.39 is 0 Å². The summed E-state index contributed by atoms with van der Waals surface area (Å²) < 4.78 is 0. The molecule has 0 aromatic carbocycles. The second-order valence-corrected chi connectivity index (χ2v) is 5.99. The molecular formula is C15H30N2O. The standard InChI is InChI=1S/C15H30N2O/c1-4-13-8-10-16-14(11-13)15(18)17-9-6-5-7-12(2)3/h12-14,16H,4-11H2,1-3H3,(H,17,18). The van der Waals surface area contributed by atoms with Crippen molar-refractivity contribution in [2.75, 3.05) is 13.1 Å². The molecule has 0 saturated carbocycles. The SMILES string of the molecule is CCC1CCNC(C(=O)NCCCCC(C)C)C1. The normalized spacial score (nSPS) is 24.2. The smallest absolute Gasteiger partial charge is 0.237 e. The lowest BCUT2D eigenvalue weighted by molar-refractivity contribution is -0.124. The van der Waals surface area contributed by atoms with Crippen molar-refractivity contribution in [2.24, 2.45) is 11.8 Å². The summed E-state index contributed by atoms with van der Waals surface area (Å²) in [5.74, 6) is 1.70. The Balaban J connectivity index is 2.12. The van der Waals surface area contributed by atoms with Crippen LogP contribution < -0.4 is 10.6 Å². The third kappa shape index (κ3) is 5.85. The second-order valence-electron chi connectivity index (χ2n) is 5.99. The number of hydrogen-bond donors (Lipinski definition) is 2. The van der Waals surface area contributed by atoms with Gasteiger partial charge in [0.25, 0.3) is 0 Å². The average molecular weight is 254 g/mol. The van der Waals surface area contributed by atoms with E-state index >= 15 is 0 Å². The van der Waals surface area contributed by atoms with Crippen LogP contribution in [-0.4, -0.2) is 25.0 Å². The van der Waals surface area contributed by atoms with Gasteiger partial charge >= 0.3 is 0 Å². The molecule has 1 heterocycles. The summed E-state index contributed by atoms with van der Waals surface area (Å²) in [4.78, 5) is 12.0. The van der Waals surface area contributed by atoms with E-state index in [1.807, 2.05) is 0 Å². The summed E-state index contributed by atoms with van der Waals surface area (Å²) in [7, 11) is 0. The third-order valence-electron chi connectivity index (χ3n) is 3.91. The molecule has 2 N–H and O–H groups in total. The molecule has 2 unspecified atom stereocenters. The van der Waals surface area contributed by atoms with Crippen molar-refractivity contribution in [3.63, 3.8) is 0 Å². The van der Waals surface area contributed by atoms with Gasteiger partial charge in [0, 0.05) is 6.54 Å². The Labute approximate surface area is 112 Å². The molecule has 2 atom stereocenters. The fourth-order valence-corrected chi connectivity index (χ4v) is 2.58. The second kappa shape index (κ2) is 8.52. The number of nitrogens with one attached hydrogen (secondary N) is 2. The predicted octanol–water partition coefficient (Wildman–Crippen LogP) is 2.71. The zero-order valence-electron chi connectivity index (χ0n) is 12.3. The highest BCUT2D eigenvalue weighted by molar-refractivity contribution is 5.81. The van der Waals surface area contributed by atoms with E-state index in [1.165, 1.54) is 25.7 Å². The first-order valence-electron chi connectivity index (χ1n) is 7.64. The van der Waals surface area contributed by atoms with Gasteiger partial charge < -0.3 is 10.6 Å². The van der Waals surface area contributed by atoms with Crippen LogP contribution in [0.25, 0.3) is 0 Å². The molecular weight excluding hydrogens is 224 g/mol. The highest BCUT2D eigenvalue weighted by Gasteiger charge is 2.25. The molecule has 0 spiro atoms. The minimum absolute atomic E-state index is 0.0498. The van der Waals surface area contributed by atoms with Crippen molar-refractivity contribution in [1.82, 2.24) is 10.6 Å². The lowest BCUT2D eigenvalue weighted by atomic mass is 9.90. The van der Waals surface area contributed by atoms with Gasteiger partial charge in [-0.3, -0.25) is 4.79 Å². The average Bonchev–Trinajstić information content (AvgIpc) is 2.37.